The SMILES string of the molecule is Cn1nnnc1Sc1nc2sccn2c1CNC1CC1. The Morgan fingerprint density at radius 1 is 1.50 bits per heavy atom. The van der Waals surface area contributed by atoms with E-state index in [0.29, 0.717) is 6.04 Å². The molecule has 4 rings (SSSR count). The molecule has 0 spiro atoms. The highest BCUT2D eigenvalue weighted by atomic mass is 32.2. The van der Waals surface area contributed by atoms with Crippen molar-refractivity contribution in [1.82, 2.24) is 34.9 Å². The zero-order chi connectivity index (χ0) is 13.5. The molecule has 1 N–H and O–H groups in total. The van der Waals surface area contributed by atoms with Crippen LogP contribution in [0.15, 0.2) is 21.8 Å². The van der Waals surface area contributed by atoms with Crippen molar-refractivity contribution in [1.29, 1.82) is 0 Å². The first-order valence-electron chi connectivity index (χ1n) is 6.39. The lowest BCUT2D eigenvalue weighted by atomic mass is 10.4. The maximum absolute atomic E-state index is 4.68. The molecule has 20 heavy (non-hydrogen) atoms. The lowest BCUT2D eigenvalue weighted by Crippen LogP contribution is -2.17. The van der Waals surface area contributed by atoms with Crippen LogP contribution in [0.2, 0.25) is 0 Å². The maximum atomic E-state index is 4.68. The predicted octanol–water partition coefficient (Wildman–Crippen LogP) is 1.32. The second kappa shape index (κ2) is 4.83. The first-order chi connectivity index (χ1) is 9.81. The molecule has 104 valence electrons. The van der Waals surface area contributed by atoms with Crippen LogP contribution in [-0.4, -0.2) is 35.6 Å². The molecular weight excluding hydrogens is 294 g/mol. The van der Waals surface area contributed by atoms with Gasteiger partial charge in [0.05, 0.1) is 5.69 Å². The number of tetrazole rings is 1. The van der Waals surface area contributed by atoms with Crippen LogP contribution in [0.1, 0.15) is 18.5 Å². The summed E-state index contributed by atoms with van der Waals surface area (Å²) in [6.45, 7) is 0.830. The van der Waals surface area contributed by atoms with Crippen molar-refractivity contribution in [2.24, 2.45) is 7.05 Å². The van der Waals surface area contributed by atoms with Crippen LogP contribution < -0.4 is 5.32 Å². The molecule has 1 saturated carbocycles. The van der Waals surface area contributed by atoms with Gasteiger partial charge in [-0.3, -0.25) is 4.40 Å². The Morgan fingerprint density at radius 3 is 3.15 bits per heavy atom. The van der Waals surface area contributed by atoms with Gasteiger partial charge < -0.3 is 5.32 Å². The van der Waals surface area contributed by atoms with E-state index in [1.807, 2.05) is 7.05 Å². The molecule has 0 aliphatic heterocycles. The number of fused-ring (bicyclic) bond motifs is 1. The number of hydrogen-bond donors (Lipinski definition) is 1. The van der Waals surface area contributed by atoms with Crippen molar-refractivity contribution >= 4 is 28.1 Å². The summed E-state index contributed by atoms with van der Waals surface area (Å²) in [6, 6.07) is 0.675. The number of aryl methyl sites for hydroxylation is 1. The van der Waals surface area contributed by atoms with E-state index in [1.54, 1.807) is 16.0 Å². The highest BCUT2D eigenvalue weighted by molar-refractivity contribution is 7.99. The van der Waals surface area contributed by atoms with Crippen molar-refractivity contribution in [2.75, 3.05) is 0 Å². The average molecular weight is 307 g/mol. The molecule has 1 aliphatic rings. The number of nitrogens with one attached hydrogen (secondary N) is 1. The van der Waals surface area contributed by atoms with E-state index in [9.17, 15) is 0 Å². The fourth-order valence-electron chi connectivity index (χ4n) is 1.98. The lowest BCUT2D eigenvalue weighted by Gasteiger charge is -2.04. The molecule has 0 bridgehead atoms. The number of rotatable bonds is 5. The van der Waals surface area contributed by atoms with Crippen LogP contribution in [0.5, 0.6) is 0 Å². The summed E-state index contributed by atoms with van der Waals surface area (Å²) in [5.41, 5.74) is 1.18. The van der Waals surface area contributed by atoms with Gasteiger partial charge in [0.1, 0.15) is 5.03 Å². The Hall–Kier alpha value is -1.45. The van der Waals surface area contributed by atoms with E-state index in [2.05, 4.69) is 41.8 Å². The number of nitrogens with zero attached hydrogens (tertiary/aromatic N) is 6. The van der Waals surface area contributed by atoms with Crippen LogP contribution in [0.25, 0.3) is 4.96 Å². The standard InChI is InChI=1S/C11H13N7S2/c1-17-11(14-15-16-17)20-9-8(6-12-7-2-3-7)18-4-5-19-10(18)13-9/h4-5,7,12H,2-3,6H2,1H3. The number of hydrogen-bond acceptors (Lipinski definition) is 7. The lowest BCUT2D eigenvalue weighted by molar-refractivity contribution is 0.656. The first kappa shape index (κ1) is 12.3. The molecule has 3 aromatic rings. The van der Waals surface area contributed by atoms with E-state index < -0.39 is 0 Å². The maximum Gasteiger partial charge on any atom is 0.215 e. The molecular formula is C11H13N7S2. The summed E-state index contributed by atoms with van der Waals surface area (Å²) in [4.78, 5) is 5.69. The van der Waals surface area contributed by atoms with Gasteiger partial charge in [0.15, 0.2) is 4.96 Å². The normalized spacial score (nSPS) is 15.2. The molecule has 3 heterocycles. The minimum atomic E-state index is 0.675. The quantitative estimate of drug-likeness (QED) is 0.766. The van der Waals surface area contributed by atoms with Crippen molar-refractivity contribution in [3.05, 3.63) is 17.3 Å². The number of aromatic nitrogens is 6. The topological polar surface area (TPSA) is 72.9 Å². The molecule has 0 saturated heterocycles. The van der Waals surface area contributed by atoms with Gasteiger partial charge in [0.2, 0.25) is 5.16 Å². The van der Waals surface area contributed by atoms with E-state index in [1.165, 1.54) is 30.3 Å². The summed E-state index contributed by atoms with van der Waals surface area (Å²) in [7, 11) is 1.84. The zero-order valence-electron chi connectivity index (χ0n) is 10.9. The second-order valence-corrected chi connectivity index (χ2v) is 6.59. The Morgan fingerprint density at radius 2 is 2.40 bits per heavy atom. The first-order valence-corrected chi connectivity index (χ1v) is 8.09. The van der Waals surface area contributed by atoms with Crippen LogP contribution in [0, 0.1) is 0 Å². The second-order valence-electron chi connectivity index (χ2n) is 4.76. The van der Waals surface area contributed by atoms with Crippen molar-refractivity contribution in [3.63, 3.8) is 0 Å². The number of thiazole rings is 1. The zero-order valence-corrected chi connectivity index (χ0v) is 12.5. The van der Waals surface area contributed by atoms with E-state index in [4.69, 9.17) is 0 Å². The monoisotopic (exact) mass is 307 g/mol. The Balaban J connectivity index is 1.67. The van der Waals surface area contributed by atoms with Crippen LogP contribution in [0.3, 0.4) is 0 Å². The van der Waals surface area contributed by atoms with Gasteiger partial charge >= 0.3 is 0 Å². The molecule has 1 aliphatic carbocycles. The Labute approximate surface area is 123 Å². The molecule has 0 amide bonds. The highest BCUT2D eigenvalue weighted by Crippen LogP contribution is 2.30. The molecule has 1 fully saturated rings. The smallest absolute Gasteiger partial charge is 0.215 e. The van der Waals surface area contributed by atoms with Gasteiger partial charge in [-0.15, -0.1) is 16.4 Å². The van der Waals surface area contributed by atoms with Gasteiger partial charge in [-0.25, -0.2) is 9.67 Å². The molecule has 0 radical (unpaired) electrons. The average Bonchev–Trinajstić information content (AvgIpc) is 2.85. The minimum Gasteiger partial charge on any atom is -0.308 e. The largest absolute Gasteiger partial charge is 0.308 e. The van der Waals surface area contributed by atoms with Gasteiger partial charge in [-0.1, -0.05) is 0 Å². The molecule has 0 aromatic carbocycles. The van der Waals surface area contributed by atoms with Gasteiger partial charge in [-0.2, -0.15) is 0 Å². The van der Waals surface area contributed by atoms with Crippen molar-refractivity contribution in [3.8, 4) is 0 Å². The van der Waals surface area contributed by atoms with Gasteiger partial charge in [-0.05, 0) is 35.0 Å². The fourth-order valence-corrected chi connectivity index (χ4v) is 3.61. The summed E-state index contributed by atoms with van der Waals surface area (Å²) in [6.07, 6.45) is 4.62. The highest BCUT2D eigenvalue weighted by Gasteiger charge is 2.23. The van der Waals surface area contributed by atoms with Crippen LogP contribution >= 0.6 is 23.1 Å². The predicted molar refractivity (Wildman–Crippen MR) is 75.9 cm³/mol. The Bertz CT molecular complexity index is 739. The van der Waals surface area contributed by atoms with E-state index >= 15 is 0 Å². The number of imidazole rings is 1. The van der Waals surface area contributed by atoms with Gasteiger partial charge in [0.25, 0.3) is 0 Å². The summed E-state index contributed by atoms with van der Waals surface area (Å²) < 4.78 is 3.81. The molecule has 7 nitrogen and oxygen atoms in total. The third kappa shape index (κ3) is 2.21. The van der Waals surface area contributed by atoms with Crippen molar-refractivity contribution < 1.29 is 0 Å². The van der Waals surface area contributed by atoms with E-state index in [-0.39, 0.29) is 0 Å². The molecule has 3 aromatic heterocycles. The van der Waals surface area contributed by atoms with Crippen LogP contribution in [-0.2, 0) is 13.6 Å². The third-order valence-corrected chi connectivity index (χ3v) is 5.03. The van der Waals surface area contributed by atoms with Crippen molar-refractivity contribution in [2.45, 2.75) is 35.6 Å². The van der Waals surface area contributed by atoms with Crippen LogP contribution in [0.4, 0.5) is 0 Å². The van der Waals surface area contributed by atoms with E-state index in [0.717, 1.165) is 21.7 Å². The minimum absolute atomic E-state index is 0.675. The summed E-state index contributed by atoms with van der Waals surface area (Å²) in [5, 5.41) is 18.9. The van der Waals surface area contributed by atoms with Gasteiger partial charge in [0, 0.05) is 31.2 Å². The Kier molecular flexibility index (Phi) is 2.97. The molecule has 0 atom stereocenters. The molecule has 0 unspecified atom stereocenters. The summed E-state index contributed by atoms with van der Waals surface area (Å²) >= 11 is 3.15. The molecule has 9 heteroatoms. The summed E-state index contributed by atoms with van der Waals surface area (Å²) in [5.74, 6) is 0. The fraction of sp³-hybridized carbons (Fsp3) is 0.455. The third-order valence-electron chi connectivity index (χ3n) is 3.23.